The summed E-state index contributed by atoms with van der Waals surface area (Å²) in [5.41, 5.74) is 7.89. The van der Waals surface area contributed by atoms with Crippen LogP contribution < -0.4 is 16.5 Å². The fourth-order valence-corrected chi connectivity index (χ4v) is 9.66. The second-order valence-corrected chi connectivity index (χ2v) is 15.9. The number of β-lactam (4-membered cyclic amide) rings is 1. The Kier molecular flexibility index (Phi) is 9.43. The van der Waals surface area contributed by atoms with E-state index in [-0.39, 0.29) is 45.4 Å². The number of imide groups is 1. The minimum atomic E-state index is -1.95. The number of carbonyl (C=O) groups is 7. The molecule has 9 N–H and O–H groups in total. The maximum Gasteiger partial charge on any atom is 0.352 e. The van der Waals surface area contributed by atoms with Crippen molar-refractivity contribution in [1.82, 2.24) is 25.6 Å². The number of rotatable bonds is 14. The number of nitrogens with one attached hydrogen (secondary N) is 2. The molecule has 0 aliphatic carbocycles. The fraction of sp³-hybridized carbons (Fsp3) is 0.406. The average molecular weight is 802 g/mol. The summed E-state index contributed by atoms with van der Waals surface area (Å²) in [5, 5.41) is 55.8. The number of nitrogens with two attached hydrogens (primary N) is 1. The molecule has 3 atom stereocenters. The van der Waals surface area contributed by atoms with Crippen LogP contribution in [0.1, 0.15) is 45.7 Å². The van der Waals surface area contributed by atoms with Crippen LogP contribution in [0.15, 0.2) is 33.9 Å². The first kappa shape index (κ1) is 37.5. The highest BCUT2D eigenvalue weighted by Gasteiger charge is 2.59. The molecule has 6 heterocycles. The number of thiazole rings is 1. The predicted octanol–water partition coefficient (Wildman–Crippen LogP) is -1.06. The zero-order valence-corrected chi connectivity index (χ0v) is 30.1. The lowest BCUT2D eigenvalue weighted by molar-refractivity contribution is -0.904. The molecular formula is C32H33N8O13S2+. The molecule has 0 saturated carbocycles. The summed E-state index contributed by atoms with van der Waals surface area (Å²) >= 11 is 2.17. The second-order valence-electron chi connectivity index (χ2n) is 13.9. The molecule has 55 heavy (non-hydrogen) atoms. The topological polar surface area (TPSA) is 312 Å². The van der Waals surface area contributed by atoms with E-state index in [1.807, 2.05) is 0 Å². The number of thioether (sulfide) groups is 1. The van der Waals surface area contributed by atoms with Crippen LogP contribution in [0.3, 0.4) is 0 Å². The minimum absolute atomic E-state index is 0.0239. The second kappa shape index (κ2) is 13.8. The van der Waals surface area contributed by atoms with Crippen LogP contribution in [0.2, 0.25) is 0 Å². The van der Waals surface area contributed by atoms with Crippen molar-refractivity contribution in [2.24, 2.45) is 10.6 Å². The number of hydrogen-bond acceptors (Lipinski definition) is 16. The van der Waals surface area contributed by atoms with Gasteiger partial charge in [-0.1, -0.05) is 5.16 Å². The number of anilines is 1. The van der Waals surface area contributed by atoms with Gasteiger partial charge in [-0.05, 0) is 12.1 Å². The summed E-state index contributed by atoms with van der Waals surface area (Å²) < 4.78 is 0.529. The molecule has 5 aliphatic rings. The minimum Gasteiger partial charge on any atom is -0.504 e. The van der Waals surface area contributed by atoms with Gasteiger partial charge in [-0.2, -0.15) is 0 Å². The monoisotopic (exact) mass is 801 g/mol. The van der Waals surface area contributed by atoms with Crippen LogP contribution in [0.4, 0.5) is 5.13 Å². The maximum absolute atomic E-state index is 13.5. The number of benzene rings is 1. The highest BCUT2D eigenvalue weighted by molar-refractivity contribution is 8.00. The number of nitrogens with zero attached hydrogens (tertiary/aromatic N) is 5. The molecule has 0 unspecified atom stereocenters. The van der Waals surface area contributed by atoms with Crippen molar-refractivity contribution in [2.75, 3.05) is 44.2 Å². The van der Waals surface area contributed by atoms with Crippen molar-refractivity contribution < 1.29 is 68.4 Å². The number of quaternary nitrogens is 1. The number of aliphatic carboxylic acids is 3. The highest BCUT2D eigenvalue weighted by Crippen LogP contribution is 2.48. The number of carbonyl (C=O) groups excluding carboxylic acids is 4. The number of hydrazine groups is 1. The van der Waals surface area contributed by atoms with Gasteiger partial charge in [0.15, 0.2) is 22.3 Å². The Bertz CT molecular complexity index is 2090. The number of oxime groups is 1. The van der Waals surface area contributed by atoms with Crippen LogP contribution >= 0.6 is 23.1 Å². The molecule has 3 fully saturated rings. The van der Waals surface area contributed by atoms with Gasteiger partial charge in [-0.15, -0.1) is 23.1 Å². The van der Waals surface area contributed by atoms with Crippen molar-refractivity contribution in [3.63, 3.8) is 0 Å². The van der Waals surface area contributed by atoms with E-state index in [9.17, 15) is 54.0 Å². The SMILES string of the molecule is Nc1nc(/C(=N/O[C@@H](CC(=O)O)C(=O)O)C(=O)N[C@@H]2C(=O)N3C(C(=O)O)=C(C[N+]45CCC(CNN6C(=O)c7cc(O)c(O)cc7C6=O)(CC4)C5)CS[C@H]23)cs1. The van der Waals surface area contributed by atoms with Crippen molar-refractivity contribution in [1.29, 1.82) is 0 Å². The zero-order chi connectivity index (χ0) is 39.6. The molecule has 290 valence electrons. The summed E-state index contributed by atoms with van der Waals surface area (Å²) in [5.74, 6) is -8.34. The number of nitrogen functional groups attached to an aromatic ring is 1. The molecule has 3 saturated heterocycles. The number of carboxylic acid groups (broad SMARTS) is 3. The van der Waals surface area contributed by atoms with Gasteiger partial charge in [-0.3, -0.25) is 28.9 Å². The van der Waals surface area contributed by atoms with Gasteiger partial charge in [0.2, 0.25) is 6.10 Å². The molecule has 0 radical (unpaired) electrons. The molecule has 0 spiro atoms. The third-order valence-corrected chi connectivity index (χ3v) is 12.5. The predicted molar refractivity (Wildman–Crippen MR) is 187 cm³/mol. The molecule has 23 heteroatoms. The van der Waals surface area contributed by atoms with Crippen molar-refractivity contribution in [2.45, 2.75) is 36.8 Å². The summed E-state index contributed by atoms with van der Waals surface area (Å²) in [6, 6.07) is 0.883. The largest absolute Gasteiger partial charge is 0.504 e. The number of carboxylic acids is 3. The first-order valence-corrected chi connectivity index (χ1v) is 18.6. The van der Waals surface area contributed by atoms with E-state index in [0.29, 0.717) is 49.1 Å². The summed E-state index contributed by atoms with van der Waals surface area (Å²) in [6.45, 7) is 2.58. The maximum atomic E-state index is 13.5. The lowest BCUT2D eigenvalue weighted by Gasteiger charge is -2.50. The first-order chi connectivity index (χ1) is 26.0. The van der Waals surface area contributed by atoms with Gasteiger partial charge < -0.3 is 45.9 Å². The Labute approximate surface area is 317 Å². The Balaban J connectivity index is 1.02. The van der Waals surface area contributed by atoms with Crippen LogP contribution in [-0.2, 0) is 28.8 Å². The molecule has 1 aromatic carbocycles. The van der Waals surface area contributed by atoms with Gasteiger partial charge in [-0.25, -0.2) is 25.0 Å². The lowest BCUT2D eigenvalue weighted by atomic mass is 9.85. The lowest BCUT2D eigenvalue weighted by Crippen LogP contribution is -2.71. The average Bonchev–Trinajstić information content (AvgIpc) is 3.87. The Morgan fingerprint density at radius 2 is 1.73 bits per heavy atom. The number of amides is 4. The van der Waals surface area contributed by atoms with Crippen LogP contribution in [-0.4, -0.2) is 148 Å². The quantitative estimate of drug-likeness (QED) is 0.0282. The van der Waals surface area contributed by atoms with E-state index in [1.54, 1.807) is 0 Å². The van der Waals surface area contributed by atoms with Crippen LogP contribution in [0, 0.1) is 5.41 Å². The standard InChI is InChI=1S/C32H32N8O13S2/c33-31-35-16(10-55-31)21(37-53-19(29(49)50)7-20(43)44)24(45)36-22-27(48)38-23(30(51)52)13(9-54-28(22)38)8-40-3-1-32(12-40,2-4-40)11-34-39-25(46)14-5-17(41)18(42)6-15(14)26(39)47/h5-6,10,19,22,28,34H,1-4,7-9,11-12H2,(H7-,33,35,36,37,41,42,43,44,45,46,47,49,50,51,52)/p+1/t19-,22+,28+,32?,40?/m0/s1. The molecule has 1 aromatic heterocycles. The number of aromatic hydroxyl groups is 2. The van der Waals surface area contributed by atoms with Crippen molar-refractivity contribution >= 4 is 75.5 Å². The zero-order valence-electron chi connectivity index (χ0n) is 28.5. The molecule has 2 bridgehead atoms. The molecule has 4 amide bonds. The Morgan fingerprint density at radius 3 is 2.29 bits per heavy atom. The van der Waals surface area contributed by atoms with Gasteiger partial charge in [0, 0.05) is 41.5 Å². The Morgan fingerprint density at radius 1 is 1.07 bits per heavy atom. The number of phenols is 2. The van der Waals surface area contributed by atoms with Crippen LogP contribution in [0.5, 0.6) is 11.5 Å². The molecule has 7 rings (SSSR count). The number of hydrogen-bond donors (Lipinski definition) is 8. The normalized spacial score (nSPS) is 26.1. The van der Waals surface area contributed by atoms with E-state index < -0.39 is 82.7 Å². The summed E-state index contributed by atoms with van der Waals surface area (Å²) in [7, 11) is 0. The third-order valence-electron chi connectivity index (χ3n) is 10.4. The van der Waals surface area contributed by atoms with Gasteiger partial charge in [0.1, 0.15) is 29.4 Å². The number of aromatic nitrogens is 1. The van der Waals surface area contributed by atoms with Gasteiger partial charge >= 0.3 is 17.9 Å². The summed E-state index contributed by atoms with van der Waals surface area (Å²) in [4.78, 5) is 98.1. The smallest absolute Gasteiger partial charge is 0.352 e. The van der Waals surface area contributed by atoms with Gasteiger partial charge in [0.05, 0.1) is 37.2 Å². The molecular weight excluding hydrogens is 769 g/mol. The van der Waals surface area contributed by atoms with Crippen molar-refractivity contribution in [3.05, 3.63) is 45.6 Å². The van der Waals surface area contributed by atoms with Gasteiger partial charge in [0.25, 0.3) is 23.6 Å². The number of phenolic OH excluding ortho intramolecular Hbond substituents is 2. The first-order valence-electron chi connectivity index (χ1n) is 16.7. The van der Waals surface area contributed by atoms with E-state index >= 15 is 0 Å². The summed E-state index contributed by atoms with van der Waals surface area (Å²) in [6.07, 6.45) is -1.49. The Hall–Kier alpha value is -5.78. The molecule has 21 nitrogen and oxygen atoms in total. The van der Waals surface area contributed by atoms with Crippen LogP contribution in [0.25, 0.3) is 0 Å². The fourth-order valence-electron chi connectivity index (χ4n) is 7.78. The molecule has 5 aliphatic heterocycles. The number of fused-ring (bicyclic) bond motifs is 4. The van der Waals surface area contributed by atoms with E-state index in [2.05, 4.69) is 20.9 Å². The van der Waals surface area contributed by atoms with E-state index in [1.165, 1.54) is 17.1 Å². The molecule has 2 aromatic rings. The van der Waals surface area contributed by atoms with E-state index in [4.69, 9.17) is 15.7 Å². The third kappa shape index (κ3) is 6.68. The van der Waals surface area contributed by atoms with E-state index in [0.717, 1.165) is 33.4 Å². The number of piperidine rings is 1. The van der Waals surface area contributed by atoms with Crippen molar-refractivity contribution in [3.8, 4) is 11.5 Å². The highest BCUT2D eigenvalue weighted by atomic mass is 32.2.